The summed E-state index contributed by atoms with van der Waals surface area (Å²) in [5.74, 6) is 0.679. The Balaban J connectivity index is 1.28. The zero-order chi connectivity index (χ0) is 24.7. The van der Waals surface area contributed by atoms with Gasteiger partial charge in [-0.2, -0.15) is 5.26 Å². The van der Waals surface area contributed by atoms with E-state index < -0.39 is 0 Å². The van der Waals surface area contributed by atoms with Crippen LogP contribution in [0.15, 0.2) is 77.9 Å². The molecule has 0 N–H and O–H groups in total. The average Bonchev–Trinajstić information content (AvgIpc) is 3.44. The van der Waals surface area contributed by atoms with Gasteiger partial charge in [0.25, 0.3) is 0 Å². The number of benzene rings is 2. The molecule has 2 aromatic heterocycles. The molecule has 7 nitrogen and oxygen atoms in total. The molecule has 5 rings (SSSR count). The molecule has 1 fully saturated rings. The van der Waals surface area contributed by atoms with Gasteiger partial charge in [0.15, 0.2) is 0 Å². The molecule has 0 amide bonds. The third kappa shape index (κ3) is 5.95. The van der Waals surface area contributed by atoms with E-state index in [2.05, 4.69) is 26.0 Å². The third-order valence-corrected chi connectivity index (χ3v) is 8.13. The Kier molecular flexibility index (Phi) is 7.63. The summed E-state index contributed by atoms with van der Waals surface area (Å²) in [6.45, 7) is 3.97. The average molecular weight is 542 g/mol. The maximum atomic E-state index is 12.5. The molecule has 8 heteroatoms. The molecule has 2 aromatic carbocycles. The number of rotatable bonds is 8. The summed E-state index contributed by atoms with van der Waals surface area (Å²) < 4.78 is 2.66. The first-order chi connectivity index (χ1) is 17.7. The van der Waals surface area contributed by atoms with E-state index in [9.17, 15) is 10.1 Å². The minimum absolute atomic E-state index is 0.183. The van der Waals surface area contributed by atoms with Crippen molar-refractivity contribution in [2.75, 3.05) is 19.6 Å². The minimum atomic E-state index is -0.183. The van der Waals surface area contributed by atoms with E-state index in [1.54, 1.807) is 18.2 Å². The van der Waals surface area contributed by atoms with Crippen LogP contribution < -0.4 is 10.0 Å². The number of nitrogens with zero attached hydrogens (tertiary/aromatic N) is 6. The Labute approximate surface area is 216 Å². The molecule has 3 heterocycles. The normalized spacial score (nSPS) is 13.5. The van der Waals surface area contributed by atoms with E-state index in [1.807, 2.05) is 48.8 Å². The smallest absolute Gasteiger partial charge is 0.0349 e. The predicted molar refractivity (Wildman–Crippen MR) is 141 cm³/mol. The number of hydrogen-bond acceptors (Lipinski definition) is 6. The van der Waals surface area contributed by atoms with Crippen LogP contribution in [-0.2, 0) is 6.54 Å². The van der Waals surface area contributed by atoms with Crippen LogP contribution in [0.2, 0.25) is 5.32 Å². The van der Waals surface area contributed by atoms with Gasteiger partial charge in [0.05, 0.1) is 11.6 Å². The van der Waals surface area contributed by atoms with Gasteiger partial charge < -0.3 is 0 Å². The molecule has 0 spiro atoms. The van der Waals surface area contributed by atoms with Gasteiger partial charge >= 0.3 is 176 Å². The fraction of sp³-hybridized carbons (Fsp3) is 0.250. The van der Waals surface area contributed by atoms with Crippen LogP contribution in [0.1, 0.15) is 24.0 Å². The molecule has 0 radical (unpaired) electrons. The predicted octanol–water partition coefficient (Wildman–Crippen LogP) is 3.13. The molecule has 0 aliphatic carbocycles. The molecule has 0 saturated carbocycles. The zero-order valence-corrected chi connectivity index (χ0v) is 21.6. The van der Waals surface area contributed by atoms with Crippen molar-refractivity contribution >= 4 is 19.4 Å². The van der Waals surface area contributed by atoms with Gasteiger partial charge in [-0.3, -0.25) is 0 Å². The first-order valence-electron chi connectivity index (χ1n) is 12.0. The SMILES string of the molecule is N#Cc1cccc(-c2ccc(=O)n(Cc3cccc(-c4ncc([Se]CCN5CCCC5)cn4)c3)n2)c1. The largest absolute Gasteiger partial charge is 0.0349 e. The Morgan fingerprint density at radius 1 is 0.944 bits per heavy atom. The summed E-state index contributed by atoms with van der Waals surface area (Å²) >= 11 is 0.383. The van der Waals surface area contributed by atoms with Crippen molar-refractivity contribution in [3.8, 4) is 28.7 Å². The molecular formula is C28H26N6OSe. The van der Waals surface area contributed by atoms with Gasteiger partial charge in [-0.15, -0.1) is 0 Å². The summed E-state index contributed by atoms with van der Waals surface area (Å²) in [6.07, 6.45) is 6.56. The molecule has 0 bridgehead atoms. The number of likely N-dealkylation sites (tertiary alicyclic amines) is 1. The van der Waals surface area contributed by atoms with E-state index >= 15 is 0 Å². The Morgan fingerprint density at radius 3 is 2.53 bits per heavy atom. The maximum absolute atomic E-state index is 12.5. The fourth-order valence-corrected chi connectivity index (χ4v) is 6.05. The summed E-state index contributed by atoms with van der Waals surface area (Å²) in [6, 6.07) is 20.5. The van der Waals surface area contributed by atoms with Crippen LogP contribution in [0, 0.1) is 11.3 Å². The van der Waals surface area contributed by atoms with E-state index in [4.69, 9.17) is 0 Å². The van der Waals surface area contributed by atoms with Crippen LogP contribution in [0.3, 0.4) is 0 Å². The standard InChI is InChI=1S/C28H26N6OSe/c29-17-21-5-3-7-23(15-21)26-9-10-27(35)34(32-26)20-22-6-4-8-24(16-22)28-30-18-25(19-31-28)36-14-13-33-11-1-2-12-33/h3-10,15-16,18-19H,1-2,11-14,20H2. The molecule has 1 aliphatic rings. The molecule has 0 atom stereocenters. The van der Waals surface area contributed by atoms with Crippen molar-refractivity contribution in [2.24, 2.45) is 0 Å². The molecule has 4 aromatic rings. The number of aromatic nitrogens is 4. The van der Waals surface area contributed by atoms with Crippen LogP contribution in [-0.4, -0.2) is 59.2 Å². The first-order valence-corrected chi connectivity index (χ1v) is 14.1. The second-order valence-corrected chi connectivity index (χ2v) is 11.2. The monoisotopic (exact) mass is 542 g/mol. The van der Waals surface area contributed by atoms with Crippen molar-refractivity contribution in [1.82, 2.24) is 24.6 Å². The molecule has 0 unspecified atom stereocenters. The molecule has 36 heavy (non-hydrogen) atoms. The van der Waals surface area contributed by atoms with Crippen LogP contribution in [0.25, 0.3) is 22.6 Å². The number of nitriles is 1. The number of hydrogen-bond donors (Lipinski definition) is 0. The fourth-order valence-electron chi connectivity index (χ4n) is 4.28. The second kappa shape index (κ2) is 11.4. The van der Waals surface area contributed by atoms with E-state index in [0.29, 0.717) is 38.6 Å². The van der Waals surface area contributed by atoms with Gasteiger partial charge in [0.2, 0.25) is 0 Å². The Bertz CT molecular complexity index is 1440. The van der Waals surface area contributed by atoms with Gasteiger partial charge in [-0.1, -0.05) is 12.1 Å². The maximum Gasteiger partial charge on any atom is -0.0349 e. The van der Waals surface area contributed by atoms with Crippen molar-refractivity contribution < 1.29 is 0 Å². The summed E-state index contributed by atoms with van der Waals surface area (Å²) in [5, 5.41) is 14.9. The molecule has 180 valence electrons. The van der Waals surface area contributed by atoms with E-state index in [0.717, 1.165) is 16.7 Å². The van der Waals surface area contributed by atoms with E-state index in [1.165, 1.54) is 53.0 Å². The minimum Gasteiger partial charge on any atom is -0.0349 e. The Morgan fingerprint density at radius 2 is 1.72 bits per heavy atom. The van der Waals surface area contributed by atoms with Gasteiger partial charge in [0, 0.05) is 0 Å². The van der Waals surface area contributed by atoms with Gasteiger partial charge in [-0.05, 0) is 12.1 Å². The van der Waals surface area contributed by atoms with Crippen molar-refractivity contribution in [2.45, 2.75) is 24.7 Å². The van der Waals surface area contributed by atoms with Crippen LogP contribution >= 0.6 is 0 Å². The first kappa shape index (κ1) is 24.1. The molecular weight excluding hydrogens is 515 g/mol. The molecule has 1 saturated heterocycles. The van der Waals surface area contributed by atoms with Crippen molar-refractivity contribution in [3.63, 3.8) is 0 Å². The van der Waals surface area contributed by atoms with Gasteiger partial charge in [-0.25, -0.2) is 0 Å². The third-order valence-electron chi connectivity index (χ3n) is 6.17. The Hall–Kier alpha value is -3.63. The summed E-state index contributed by atoms with van der Waals surface area (Å²) in [4.78, 5) is 24.3. The second-order valence-electron chi connectivity index (χ2n) is 8.75. The van der Waals surface area contributed by atoms with Crippen LogP contribution in [0.5, 0.6) is 0 Å². The summed E-state index contributed by atoms with van der Waals surface area (Å²) in [5.41, 5.74) is 3.67. The van der Waals surface area contributed by atoms with E-state index in [-0.39, 0.29) is 5.56 Å². The van der Waals surface area contributed by atoms with Gasteiger partial charge in [0.1, 0.15) is 0 Å². The quantitative estimate of drug-likeness (QED) is 0.319. The topological polar surface area (TPSA) is 87.7 Å². The van der Waals surface area contributed by atoms with Crippen LogP contribution in [0.4, 0.5) is 0 Å². The zero-order valence-electron chi connectivity index (χ0n) is 19.9. The summed E-state index contributed by atoms with van der Waals surface area (Å²) in [7, 11) is 0. The van der Waals surface area contributed by atoms with Crippen molar-refractivity contribution in [1.29, 1.82) is 5.26 Å². The van der Waals surface area contributed by atoms with Crippen molar-refractivity contribution in [3.05, 3.63) is 94.5 Å². The molecule has 1 aliphatic heterocycles.